The maximum atomic E-state index is 2.36. The summed E-state index contributed by atoms with van der Waals surface area (Å²) >= 11 is 0. The van der Waals surface area contributed by atoms with E-state index in [9.17, 15) is 0 Å². The van der Waals surface area contributed by atoms with Gasteiger partial charge in [0, 0.05) is 34.1 Å². The van der Waals surface area contributed by atoms with Gasteiger partial charge in [-0.25, -0.2) is 0 Å². The second kappa shape index (κ2) is 17.8. The minimum Gasteiger partial charge on any atom is -0.311 e. The Balaban J connectivity index is 0.813. The largest absolute Gasteiger partial charge is 0.311 e. The van der Waals surface area contributed by atoms with Crippen LogP contribution in [0.3, 0.4) is 0 Å². The number of fused-ring (bicyclic) bond motifs is 6. The smallest absolute Gasteiger partial charge is 0.0462 e. The number of anilines is 6. The van der Waals surface area contributed by atoms with Crippen LogP contribution in [0.1, 0.15) is 0 Å². The Bertz CT molecular complexity index is 3630. The van der Waals surface area contributed by atoms with Crippen molar-refractivity contribution in [1.29, 1.82) is 0 Å². The zero-order chi connectivity index (χ0) is 45.2. The van der Waals surface area contributed by atoms with Crippen molar-refractivity contribution in [3.8, 4) is 44.5 Å². The third-order valence-electron chi connectivity index (χ3n) is 13.3. The summed E-state index contributed by atoms with van der Waals surface area (Å²) in [5.41, 5.74) is 16.2. The van der Waals surface area contributed by atoms with Gasteiger partial charge in [0.05, 0.1) is 0 Å². The summed E-state index contributed by atoms with van der Waals surface area (Å²) in [5.74, 6) is 0. The van der Waals surface area contributed by atoms with Crippen LogP contribution in [0.2, 0.25) is 0 Å². The predicted molar refractivity (Wildman–Crippen MR) is 290 cm³/mol. The molecule has 0 aliphatic rings. The molecule has 0 amide bonds. The summed E-state index contributed by atoms with van der Waals surface area (Å²) in [6, 6.07) is 101. The van der Waals surface area contributed by atoms with Crippen LogP contribution in [0.5, 0.6) is 0 Å². The molecule has 12 aromatic carbocycles. The molecule has 0 aromatic heterocycles. The van der Waals surface area contributed by atoms with E-state index in [0.717, 1.165) is 45.3 Å². The first kappa shape index (κ1) is 40.5. The molecule has 2 nitrogen and oxygen atoms in total. The summed E-state index contributed by atoms with van der Waals surface area (Å²) in [6.45, 7) is 0. The van der Waals surface area contributed by atoms with Crippen molar-refractivity contribution in [2.24, 2.45) is 0 Å². The minimum absolute atomic E-state index is 1.10. The molecule has 0 bridgehead atoms. The van der Waals surface area contributed by atoms with Crippen molar-refractivity contribution < 1.29 is 0 Å². The monoisotopic (exact) mass is 866 g/mol. The van der Waals surface area contributed by atoms with Crippen LogP contribution in [0.4, 0.5) is 34.1 Å². The average Bonchev–Trinajstić information content (AvgIpc) is 3.43. The normalized spacial score (nSPS) is 11.2. The van der Waals surface area contributed by atoms with Crippen molar-refractivity contribution in [1.82, 2.24) is 0 Å². The second-order valence-corrected chi connectivity index (χ2v) is 17.3. The summed E-state index contributed by atoms with van der Waals surface area (Å²) < 4.78 is 0. The minimum atomic E-state index is 1.10. The van der Waals surface area contributed by atoms with Crippen molar-refractivity contribution >= 4 is 66.4 Å². The third-order valence-corrected chi connectivity index (χ3v) is 13.3. The van der Waals surface area contributed by atoms with E-state index in [0.29, 0.717) is 0 Å². The first-order chi connectivity index (χ1) is 33.7. The molecule has 0 radical (unpaired) electrons. The molecular formula is C66H46N2. The molecule has 68 heavy (non-hydrogen) atoms. The van der Waals surface area contributed by atoms with Gasteiger partial charge >= 0.3 is 0 Å². The summed E-state index contributed by atoms with van der Waals surface area (Å²) in [6.07, 6.45) is 0. The number of rotatable bonds is 10. The van der Waals surface area contributed by atoms with E-state index in [-0.39, 0.29) is 0 Å². The van der Waals surface area contributed by atoms with Gasteiger partial charge in [0.25, 0.3) is 0 Å². The van der Waals surface area contributed by atoms with Gasteiger partial charge in [-0.05, 0) is 156 Å². The van der Waals surface area contributed by atoms with Crippen molar-refractivity contribution in [2.45, 2.75) is 0 Å². The maximum Gasteiger partial charge on any atom is 0.0462 e. The summed E-state index contributed by atoms with van der Waals surface area (Å²) in [4.78, 5) is 4.65. The van der Waals surface area contributed by atoms with E-state index < -0.39 is 0 Å². The zero-order valence-corrected chi connectivity index (χ0v) is 37.5. The van der Waals surface area contributed by atoms with Gasteiger partial charge < -0.3 is 9.80 Å². The molecule has 320 valence electrons. The lowest BCUT2D eigenvalue weighted by molar-refractivity contribution is 1.28. The molecule has 0 saturated heterocycles. The Hall–Kier alpha value is -8.98. The van der Waals surface area contributed by atoms with Crippen LogP contribution in [0, 0.1) is 0 Å². The number of hydrogen-bond acceptors (Lipinski definition) is 2. The van der Waals surface area contributed by atoms with Crippen LogP contribution in [0.15, 0.2) is 279 Å². The molecular weight excluding hydrogens is 821 g/mol. The quantitative estimate of drug-likeness (QED) is 0.126. The fraction of sp³-hybridized carbons (Fsp3) is 0. The Morgan fingerprint density at radius 3 is 0.721 bits per heavy atom. The van der Waals surface area contributed by atoms with Gasteiger partial charge in [-0.1, -0.05) is 200 Å². The number of nitrogens with zero attached hydrogens (tertiary/aromatic N) is 2. The molecule has 12 rings (SSSR count). The van der Waals surface area contributed by atoms with E-state index in [1.54, 1.807) is 0 Å². The molecule has 0 heterocycles. The Kier molecular flexibility index (Phi) is 10.6. The van der Waals surface area contributed by atoms with Gasteiger partial charge in [0.2, 0.25) is 0 Å². The molecule has 12 aromatic rings. The lowest BCUT2D eigenvalue weighted by atomic mass is 9.92. The van der Waals surface area contributed by atoms with Crippen LogP contribution in [-0.4, -0.2) is 0 Å². The number of para-hydroxylation sites is 2. The highest BCUT2D eigenvalue weighted by molar-refractivity contribution is 6.25. The van der Waals surface area contributed by atoms with Gasteiger partial charge in [-0.15, -0.1) is 0 Å². The fourth-order valence-electron chi connectivity index (χ4n) is 9.83. The number of hydrogen-bond donors (Lipinski definition) is 0. The van der Waals surface area contributed by atoms with Gasteiger partial charge in [-0.3, -0.25) is 0 Å². The van der Waals surface area contributed by atoms with Gasteiger partial charge in [-0.2, -0.15) is 0 Å². The molecule has 2 heteroatoms. The standard InChI is InChI=1S/C66H46N2/c1-4-14-47(15-5-1)48-24-26-49(27-25-48)50-28-37-57(38-29-50)67(55-16-6-2-7-17-55)58-39-30-51(31-40-58)52-32-41-59(42-33-52)68(56-18-8-3-9-19-56)60-43-34-53(35-44-60)54-36-45-65-63-22-11-10-20-61(63)62-21-12-13-23-64(62)66(65)46-54/h1-46H. The first-order valence-electron chi connectivity index (χ1n) is 23.3. The van der Waals surface area contributed by atoms with Crippen molar-refractivity contribution in [3.63, 3.8) is 0 Å². The van der Waals surface area contributed by atoms with Crippen LogP contribution >= 0.6 is 0 Å². The molecule has 0 fully saturated rings. The highest BCUT2D eigenvalue weighted by Crippen LogP contribution is 2.41. The van der Waals surface area contributed by atoms with Crippen LogP contribution < -0.4 is 9.80 Å². The van der Waals surface area contributed by atoms with Gasteiger partial charge in [0.1, 0.15) is 0 Å². The third kappa shape index (κ3) is 7.74. The highest BCUT2D eigenvalue weighted by Gasteiger charge is 2.16. The zero-order valence-electron chi connectivity index (χ0n) is 37.5. The molecule has 0 aliphatic heterocycles. The van der Waals surface area contributed by atoms with E-state index in [4.69, 9.17) is 0 Å². The first-order valence-corrected chi connectivity index (χ1v) is 23.3. The number of benzene rings is 12. The summed E-state index contributed by atoms with van der Waals surface area (Å²) in [5, 5.41) is 7.73. The predicted octanol–water partition coefficient (Wildman–Crippen LogP) is 18.8. The van der Waals surface area contributed by atoms with Crippen LogP contribution in [-0.2, 0) is 0 Å². The lowest BCUT2D eigenvalue weighted by Crippen LogP contribution is -2.10. The average molecular weight is 867 g/mol. The Morgan fingerprint density at radius 1 is 0.147 bits per heavy atom. The molecule has 0 spiro atoms. The van der Waals surface area contributed by atoms with E-state index in [1.807, 2.05) is 0 Å². The maximum absolute atomic E-state index is 2.36. The molecule has 0 saturated carbocycles. The fourth-order valence-corrected chi connectivity index (χ4v) is 9.83. The Morgan fingerprint density at radius 2 is 0.368 bits per heavy atom. The molecule has 0 atom stereocenters. The second-order valence-electron chi connectivity index (χ2n) is 17.3. The van der Waals surface area contributed by atoms with Crippen molar-refractivity contribution in [2.75, 3.05) is 9.80 Å². The Labute approximate surface area is 397 Å². The van der Waals surface area contributed by atoms with Crippen molar-refractivity contribution in [3.05, 3.63) is 279 Å². The lowest BCUT2D eigenvalue weighted by Gasteiger charge is -2.26. The van der Waals surface area contributed by atoms with Gasteiger partial charge in [0.15, 0.2) is 0 Å². The highest BCUT2D eigenvalue weighted by atomic mass is 15.1. The van der Waals surface area contributed by atoms with E-state index >= 15 is 0 Å². The SMILES string of the molecule is c1ccc(-c2ccc(-c3ccc(N(c4ccccc4)c4ccc(-c5ccc(N(c6ccccc6)c6ccc(-c7ccc8c9ccccc9c9ccccc9c8c7)cc6)cc5)cc4)cc3)cc2)cc1. The molecule has 0 aliphatic carbocycles. The topological polar surface area (TPSA) is 6.48 Å². The van der Waals surface area contributed by atoms with Crippen LogP contribution in [0.25, 0.3) is 76.8 Å². The van der Waals surface area contributed by atoms with E-state index in [1.165, 1.54) is 65.7 Å². The summed E-state index contributed by atoms with van der Waals surface area (Å²) in [7, 11) is 0. The molecule has 0 unspecified atom stereocenters. The molecule has 0 N–H and O–H groups in total. The van der Waals surface area contributed by atoms with E-state index in [2.05, 4.69) is 289 Å².